The van der Waals surface area contributed by atoms with E-state index in [2.05, 4.69) is 0 Å². The molecule has 0 aliphatic heterocycles. The Kier molecular flexibility index (Phi) is 3.30. The van der Waals surface area contributed by atoms with E-state index in [1.807, 2.05) is 28.7 Å². The average Bonchev–Trinajstić information content (AvgIpc) is 2.16. The van der Waals surface area contributed by atoms with E-state index < -0.39 is 5.91 Å². The maximum Gasteiger partial charge on any atom is 0.249 e. The Morgan fingerprint density at radius 2 is 2.29 bits per heavy atom. The molecule has 0 aliphatic carbocycles. The van der Waals surface area contributed by atoms with Crippen molar-refractivity contribution in [3.05, 3.63) is 26.8 Å². The van der Waals surface area contributed by atoms with Crippen LogP contribution in [0, 0.1) is 14.9 Å². The summed E-state index contributed by atoms with van der Waals surface area (Å²) in [5.41, 5.74) is 5.78. The number of rotatable bonds is 2. The van der Waals surface area contributed by atoms with Crippen molar-refractivity contribution in [1.29, 1.82) is 5.26 Å². The summed E-state index contributed by atoms with van der Waals surface area (Å²) in [6.45, 7) is 0. The fourth-order valence-corrected chi connectivity index (χ4v) is 1.70. The maximum atomic E-state index is 11.0. The number of nitrogens with zero attached hydrogens (tertiary/aromatic N) is 1. The molecule has 1 rings (SSSR count). The highest BCUT2D eigenvalue weighted by Gasteiger charge is 2.11. The Bertz CT molecular complexity index is 424. The predicted molar refractivity (Wildman–Crippen MR) is 58.9 cm³/mol. The molecule has 0 radical (unpaired) electrons. The van der Waals surface area contributed by atoms with Crippen LogP contribution >= 0.6 is 22.6 Å². The fraction of sp³-hybridized carbons (Fsp3) is 0.111. The first-order chi connectivity index (χ1) is 6.60. The first-order valence-electron chi connectivity index (χ1n) is 3.67. The van der Waals surface area contributed by atoms with E-state index in [0.29, 0.717) is 20.4 Å². The van der Waals surface area contributed by atoms with Gasteiger partial charge in [-0.25, -0.2) is 0 Å². The Hall–Kier alpha value is -1.29. The van der Waals surface area contributed by atoms with Gasteiger partial charge in [0.05, 0.1) is 18.2 Å². The number of carbonyl (C=O) groups is 1. The minimum Gasteiger partial charge on any atom is -0.495 e. The van der Waals surface area contributed by atoms with Crippen molar-refractivity contribution in [2.24, 2.45) is 5.73 Å². The highest BCUT2D eigenvalue weighted by Crippen LogP contribution is 2.23. The van der Waals surface area contributed by atoms with E-state index in [9.17, 15) is 4.79 Å². The number of primary amides is 1. The molecule has 0 unspecified atom stereocenters. The van der Waals surface area contributed by atoms with Crippen LogP contribution in [0.2, 0.25) is 0 Å². The average molecular weight is 302 g/mol. The monoisotopic (exact) mass is 302 g/mol. The van der Waals surface area contributed by atoms with Gasteiger partial charge in [0.2, 0.25) is 5.91 Å². The van der Waals surface area contributed by atoms with E-state index in [-0.39, 0.29) is 0 Å². The van der Waals surface area contributed by atoms with Gasteiger partial charge in [0.1, 0.15) is 11.8 Å². The molecule has 0 spiro atoms. The molecule has 4 nitrogen and oxygen atoms in total. The predicted octanol–water partition coefficient (Wildman–Crippen LogP) is 1.27. The molecular weight excluding hydrogens is 295 g/mol. The molecule has 14 heavy (non-hydrogen) atoms. The van der Waals surface area contributed by atoms with Crippen molar-refractivity contribution in [3.8, 4) is 11.8 Å². The van der Waals surface area contributed by atoms with Crippen molar-refractivity contribution >= 4 is 28.5 Å². The van der Waals surface area contributed by atoms with Gasteiger partial charge in [-0.15, -0.1) is 0 Å². The van der Waals surface area contributed by atoms with Crippen molar-refractivity contribution in [1.82, 2.24) is 0 Å². The van der Waals surface area contributed by atoms with Crippen LogP contribution in [0.4, 0.5) is 0 Å². The summed E-state index contributed by atoms with van der Waals surface area (Å²) in [7, 11) is 1.47. The number of methoxy groups -OCH3 is 1. The van der Waals surface area contributed by atoms with Crippen molar-refractivity contribution in [2.75, 3.05) is 7.11 Å². The maximum absolute atomic E-state index is 11.0. The SMILES string of the molecule is COc1cc(I)c(C(N)=O)cc1C#N. The van der Waals surface area contributed by atoms with Gasteiger partial charge in [0, 0.05) is 3.57 Å². The van der Waals surface area contributed by atoms with E-state index in [1.165, 1.54) is 13.2 Å². The molecule has 1 aromatic rings. The minimum absolute atomic E-state index is 0.307. The van der Waals surface area contributed by atoms with E-state index >= 15 is 0 Å². The second kappa shape index (κ2) is 4.28. The van der Waals surface area contributed by atoms with Crippen LogP contribution < -0.4 is 10.5 Å². The Labute approximate surface area is 94.8 Å². The van der Waals surface area contributed by atoms with Gasteiger partial charge in [-0.2, -0.15) is 5.26 Å². The normalized spacial score (nSPS) is 9.21. The van der Waals surface area contributed by atoms with Crippen molar-refractivity contribution in [3.63, 3.8) is 0 Å². The van der Waals surface area contributed by atoms with E-state index in [4.69, 9.17) is 15.7 Å². The van der Waals surface area contributed by atoms with Gasteiger partial charge in [-0.3, -0.25) is 4.79 Å². The molecule has 0 bridgehead atoms. The molecule has 0 atom stereocenters. The van der Waals surface area contributed by atoms with Crippen LogP contribution in [0.25, 0.3) is 0 Å². The van der Waals surface area contributed by atoms with Crippen LogP contribution in [-0.4, -0.2) is 13.0 Å². The number of benzene rings is 1. The third-order valence-electron chi connectivity index (χ3n) is 1.68. The number of carbonyl (C=O) groups excluding carboxylic acids is 1. The third-order valence-corrected chi connectivity index (χ3v) is 2.57. The summed E-state index contributed by atoms with van der Waals surface area (Å²) in [6, 6.07) is 4.98. The van der Waals surface area contributed by atoms with Gasteiger partial charge in [0.15, 0.2) is 0 Å². The number of hydrogen-bond acceptors (Lipinski definition) is 3. The van der Waals surface area contributed by atoms with Crippen LogP contribution in [0.5, 0.6) is 5.75 Å². The number of nitriles is 1. The molecule has 0 fully saturated rings. The van der Waals surface area contributed by atoms with Gasteiger partial charge in [-0.05, 0) is 34.7 Å². The van der Waals surface area contributed by atoms with Crippen molar-refractivity contribution in [2.45, 2.75) is 0 Å². The molecule has 0 aliphatic rings. The lowest BCUT2D eigenvalue weighted by Crippen LogP contribution is -2.13. The zero-order chi connectivity index (χ0) is 10.7. The van der Waals surface area contributed by atoms with E-state index in [0.717, 1.165) is 0 Å². The number of halogens is 1. The van der Waals surface area contributed by atoms with Crippen LogP contribution in [0.15, 0.2) is 12.1 Å². The molecule has 2 N–H and O–H groups in total. The Morgan fingerprint density at radius 1 is 1.64 bits per heavy atom. The van der Waals surface area contributed by atoms with Gasteiger partial charge >= 0.3 is 0 Å². The standard InChI is InChI=1S/C9H7IN2O2/c1-14-8-3-7(10)6(9(12)13)2-5(8)4-11/h2-3H,1H3,(H2,12,13). The highest BCUT2D eigenvalue weighted by atomic mass is 127. The molecular formula is C9H7IN2O2. The zero-order valence-electron chi connectivity index (χ0n) is 7.37. The summed E-state index contributed by atoms with van der Waals surface area (Å²) in [6.07, 6.45) is 0. The van der Waals surface area contributed by atoms with Gasteiger partial charge in [0.25, 0.3) is 0 Å². The second-order valence-electron chi connectivity index (χ2n) is 2.51. The Morgan fingerprint density at radius 3 is 2.71 bits per heavy atom. The highest BCUT2D eigenvalue weighted by molar-refractivity contribution is 14.1. The number of hydrogen-bond donors (Lipinski definition) is 1. The van der Waals surface area contributed by atoms with Crippen LogP contribution in [-0.2, 0) is 0 Å². The minimum atomic E-state index is -0.548. The molecule has 0 heterocycles. The molecule has 0 aromatic heterocycles. The molecule has 5 heteroatoms. The van der Waals surface area contributed by atoms with Gasteiger partial charge in [-0.1, -0.05) is 0 Å². The summed E-state index contributed by atoms with van der Waals surface area (Å²) in [4.78, 5) is 11.0. The molecule has 1 aromatic carbocycles. The summed E-state index contributed by atoms with van der Waals surface area (Å²) in [5.74, 6) is -0.101. The number of amides is 1. The van der Waals surface area contributed by atoms with E-state index in [1.54, 1.807) is 6.07 Å². The smallest absolute Gasteiger partial charge is 0.249 e. The molecule has 0 saturated heterocycles. The van der Waals surface area contributed by atoms with Crippen molar-refractivity contribution < 1.29 is 9.53 Å². The zero-order valence-corrected chi connectivity index (χ0v) is 9.53. The lowest BCUT2D eigenvalue weighted by atomic mass is 10.1. The number of ether oxygens (including phenoxy) is 1. The second-order valence-corrected chi connectivity index (χ2v) is 3.67. The van der Waals surface area contributed by atoms with Crippen LogP contribution in [0.1, 0.15) is 15.9 Å². The first-order valence-corrected chi connectivity index (χ1v) is 4.75. The summed E-state index contributed by atoms with van der Waals surface area (Å²) < 4.78 is 5.64. The molecule has 0 saturated carbocycles. The topological polar surface area (TPSA) is 76.1 Å². The first kappa shape index (κ1) is 10.8. The Balaban J connectivity index is 3.40. The largest absolute Gasteiger partial charge is 0.495 e. The molecule has 72 valence electrons. The summed E-state index contributed by atoms with van der Waals surface area (Å²) in [5, 5.41) is 8.76. The quantitative estimate of drug-likeness (QED) is 0.836. The summed E-state index contributed by atoms with van der Waals surface area (Å²) >= 11 is 1.97. The van der Waals surface area contributed by atoms with Gasteiger partial charge < -0.3 is 10.5 Å². The molecule has 1 amide bonds. The lowest BCUT2D eigenvalue weighted by molar-refractivity contribution is 0.0999. The van der Waals surface area contributed by atoms with Crippen LogP contribution in [0.3, 0.4) is 0 Å². The number of nitrogens with two attached hydrogens (primary N) is 1. The fourth-order valence-electron chi connectivity index (χ4n) is 1.00. The lowest BCUT2D eigenvalue weighted by Gasteiger charge is -2.05. The third kappa shape index (κ3) is 1.96.